The summed E-state index contributed by atoms with van der Waals surface area (Å²) in [6, 6.07) is 6.36. The van der Waals surface area contributed by atoms with Crippen LogP contribution in [0, 0.1) is 16.0 Å². The summed E-state index contributed by atoms with van der Waals surface area (Å²) >= 11 is 0. The van der Waals surface area contributed by atoms with E-state index < -0.39 is 4.92 Å². The molecule has 0 amide bonds. The Morgan fingerprint density at radius 2 is 2.07 bits per heavy atom. The Morgan fingerprint density at radius 3 is 2.53 bits per heavy atom. The summed E-state index contributed by atoms with van der Waals surface area (Å²) in [6.45, 7) is 1.99. The lowest BCUT2D eigenvalue weighted by molar-refractivity contribution is -0.384. The highest BCUT2D eigenvalue weighted by Gasteiger charge is 2.24. The highest BCUT2D eigenvalue weighted by atomic mass is 16.6. The fraction of sp³-hybridized carbons (Fsp3) is 0.300. The van der Waals surface area contributed by atoms with E-state index in [1.54, 1.807) is 18.3 Å². The summed E-state index contributed by atoms with van der Waals surface area (Å²) in [6.07, 6.45) is 1.61. The van der Waals surface area contributed by atoms with Crippen molar-refractivity contribution in [2.75, 3.05) is 0 Å². The second kappa shape index (κ2) is 3.68. The summed E-state index contributed by atoms with van der Waals surface area (Å²) in [5.74, 6) is 0.200. The minimum atomic E-state index is -0.417. The molecule has 1 heterocycles. The molecule has 0 spiro atoms. The van der Waals surface area contributed by atoms with Crippen molar-refractivity contribution in [2.24, 2.45) is 11.1 Å². The number of nitrogens with zero attached hydrogens (tertiary/aromatic N) is 2. The first kappa shape index (κ1) is 9.64. The first-order chi connectivity index (χ1) is 7.18. The minimum absolute atomic E-state index is 0.0883. The molecule has 1 aliphatic rings. The number of benzene rings is 1. The molecule has 0 N–H and O–H groups in total. The Hall–Kier alpha value is -1.91. The van der Waals surface area contributed by atoms with E-state index in [1.807, 2.05) is 6.92 Å². The van der Waals surface area contributed by atoms with Gasteiger partial charge in [-0.3, -0.25) is 10.1 Å². The third kappa shape index (κ3) is 1.81. The number of non-ortho nitro benzene ring substituents is 1. The van der Waals surface area contributed by atoms with Gasteiger partial charge in [-0.1, -0.05) is 12.1 Å². The smallest absolute Gasteiger partial charge is 0.269 e. The number of hydrogen-bond donors (Lipinski definition) is 0. The molecule has 5 heteroatoms. The van der Waals surface area contributed by atoms with Crippen LogP contribution in [-0.4, -0.2) is 11.1 Å². The minimum Gasteiger partial charge on any atom is -0.387 e. The molecular formula is C10H10N2O3. The van der Waals surface area contributed by atoms with E-state index in [2.05, 4.69) is 5.16 Å². The molecule has 2 rings (SSSR count). The van der Waals surface area contributed by atoms with Gasteiger partial charge in [-0.05, 0) is 17.7 Å². The van der Waals surface area contributed by atoms with Crippen molar-refractivity contribution in [3.8, 4) is 0 Å². The SMILES string of the molecule is CC1C=NOC1c1ccc([N+](=O)[O-])cc1. The third-order valence-corrected chi connectivity index (χ3v) is 2.38. The van der Waals surface area contributed by atoms with Crippen LogP contribution in [0.25, 0.3) is 0 Å². The molecule has 0 aromatic heterocycles. The molecule has 1 aliphatic heterocycles. The predicted molar refractivity (Wildman–Crippen MR) is 54.6 cm³/mol. The van der Waals surface area contributed by atoms with E-state index in [0.29, 0.717) is 0 Å². The van der Waals surface area contributed by atoms with Crippen LogP contribution < -0.4 is 0 Å². The molecular weight excluding hydrogens is 196 g/mol. The molecule has 0 fully saturated rings. The van der Waals surface area contributed by atoms with Crippen LogP contribution in [0.1, 0.15) is 18.6 Å². The quantitative estimate of drug-likeness (QED) is 0.550. The highest BCUT2D eigenvalue weighted by molar-refractivity contribution is 5.62. The average Bonchev–Trinajstić information content (AvgIpc) is 2.65. The van der Waals surface area contributed by atoms with E-state index >= 15 is 0 Å². The lowest BCUT2D eigenvalue weighted by Crippen LogP contribution is -2.06. The van der Waals surface area contributed by atoms with Crippen LogP contribution in [0.3, 0.4) is 0 Å². The fourth-order valence-corrected chi connectivity index (χ4v) is 1.52. The maximum absolute atomic E-state index is 10.4. The summed E-state index contributed by atoms with van der Waals surface area (Å²) in [5, 5.41) is 14.2. The monoisotopic (exact) mass is 206 g/mol. The number of nitro groups is 1. The van der Waals surface area contributed by atoms with Crippen molar-refractivity contribution in [2.45, 2.75) is 13.0 Å². The molecule has 0 aliphatic carbocycles. The summed E-state index contributed by atoms with van der Waals surface area (Å²) in [4.78, 5) is 15.2. The molecule has 5 nitrogen and oxygen atoms in total. The maximum atomic E-state index is 10.4. The molecule has 1 aromatic carbocycles. The zero-order chi connectivity index (χ0) is 10.8. The van der Waals surface area contributed by atoms with Gasteiger partial charge >= 0.3 is 0 Å². The molecule has 78 valence electrons. The van der Waals surface area contributed by atoms with Gasteiger partial charge in [-0.15, -0.1) is 0 Å². The van der Waals surface area contributed by atoms with E-state index in [1.165, 1.54) is 12.1 Å². The lowest BCUT2D eigenvalue weighted by Gasteiger charge is -2.12. The predicted octanol–water partition coefficient (Wildman–Crippen LogP) is 2.29. The normalized spacial score (nSPS) is 23.8. The molecule has 2 atom stereocenters. The standard InChI is InChI=1S/C10H10N2O3/c1-7-6-11-15-10(7)8-2-4-9(5-3-8)12(13)14/h2-7,10H,1H3. The number of oxime groups is 1. The van der Waals surface area contributed by atoms with Gasteiger partial charge < -0.3 is 4.84 Å². The van der Waals surface area contributed by atoms with Crippen LogP contribution >= 0.6 is 0 Å². The van der Waals surface area contributed by atoms with Gasteiger partial charge in [-0.2, -0.15) is 0 Å². The van der Waals surface area contributed by atoms with Gasteiger partial charge in [0.15, 0.2) is 6.10 Å². The van der Waals surface area contributed by atoms with Crippen molar-refractivity contribution in [1.82, 2.24) is 0 Å². The van der Waals surface area contributed by atoms with Crippen LogP contribution in [0.15, 0.2) is 29.4 Å². The summed E-state index contributed by atoms with van der Waals surface area (Å²) in [7, 11) is 0. The summed E-state index contributed by atoms with van der Waals surface area (Å²) in [5.41, 5.74) is 0.996. The van der Waals surface area contributed by atoms with Crippen molar-refractivity contribution in [1.29, 1.82) is 0 Å². The number of nitro benzene ring substituents is 1. The van der Waals surface area contributed by atoms with Gasteiger partial charge in [-0.25, -0.2) is 0 Å². The number of hydrogen-bond acceptors (Lipinski definition) is 4. The van der Waals surface area contributed by atoms with Gasteiger partial charge in [0.2, 0.25) is 0 Å². The molecule has 1 aromatic rings. The van der Waals surface area contributed by atoms with Crippen molar-refractivity contribution < 1.29 is 9.76 Å². The van der Waals surface area contributed by atoms with Gasteiger partial charge in [0.1, 0.15) is 0 Å². The molecule has 0 saturated heterocycles. The van der Waals surface area contributed by atoms with Crippen molar-refractivity contribution >= 4 is 11.9 Å². The Balaban J connectivity index is 2.20. The Bertz CT molecular complexity index is 400. The molecule has 15 heavy (non-hydrogen) atoms. The second-order valence-electron chi connectivity index (χ2n) is 3.49. The van der Waals surface area contributed by atoms with Crippen LogP contribution in [-0.2, 0) is 4.84 Å². The number of rotatable bonds is 2. The Labute approximate surface area is 86.5 Å². The first-order valence-corrected chi connectivity index (χ1v) is 4.62. The van der Waals surface area contributed by atoms with Gasteiger partial charge in [0.05, 0.1) is 11.1 Å². The van der Waals surface area contributed by atoms with Crippen LogP contribution in [0.2, 0.25) is 0 Å². The maximum Gasteiger partial charge on any atom is 0.269 e. The second-order valence-corrected chi connectivity index (χ2v) is 3.49. The average molecular weight is 206 g/mol. The molecule has 0 radical (unpaired) electrons. The lowest BCUT2D eigenvalue weighted by atomic mass is 9.99. The topological polar surface area (TPSA) is 64.7 Å². The van der Waals surface area contributed by atoms with E-state index in [0.717, 1.165) is 5.56 Å². The zero-order valence-corrected chi connectivity index (χ0v) is 8.16. The van der Waals surface area contributed by atoms with E-state index in [-0.39, 0.29) is 17.7 Å². The van der Waals surface area contributed by atoms with Crippen molar-refractivity contribution in [3.63, 3.8) is 0 Å². The van der Waals surface area contributed by atoms with E-state index in [4.69, 9.17) is 4.84 Å². The molecule has 0 saturated carbocycles. The first-order valence-electron chi connectivity index (χ1n) is 4.62. The zero-order valence-electron chi connectivity index (χ0n) is 8.16. The Kier molecular flexibility index (Phi) is 2.37. The van der Waals surface area contributed by atoms with Gasteiger partial charge in [0, 0.05) is 18.1 Å². The third-order valence-electron chi connectivity index (χ3n) is 2.38. The fourth-order valence-electron chi connectivity index (χ4n) is 1.52. The summed E-state index contributed by atoms with van der Waals surface area (Å²) < 4.78 is 0. The van der Waals surface area contributed by atoms with Gasteiger partial charge in [0.25, 0.3) is 5.69 Å². The largest absolute Gasteiger partial charge is 0.387 e. The van der Waals surface area contributed by atoms with Crippen LogP contribution in [0.4, 0.5) is 5.69 Å². The van der Waals surface area contributed by atoms with Crippen molar-refractivity contribution in [3.05, 3.63) is 39.9 Å². The van der Waals surface area contributed by atoms with E-state index in [9.17, 15) is 10.1 Å². The van der Waals surface area contributed by atoms with Crippen LogP contribution in [0.5, 0.6) is 0 Å². The molecule has 2 unspecified atom stereocenters. The highest BCUT2D eigenvalue weighted by Crippen LogP contribution is 2.30. The molecule has 0 bridgehead atoms. The Morgan fingerprint density at radius 1 is 1.40 bits per heavy atom.